The Bertz CT molecular complexity index is 519. The van der Waals surface area contributed by atoms with Crippen molar-refractivity contribution in [1.29, 1.82) is 0 Å². The first-order valence-electron chi connectivity index (χ1n) is 6.20. The molecule has 0 fully saturated rings. The molecule has 0 atom stereocenters. The van der Waals surface area contributed by atoms with E-state index in [0.29, 0.717) is 6.54 Å². The van der Waals surface area contributed by atoms with E-state index >= 15 is 0 Å². The van der Waals surface area contributed by atoms with Crippen LogP contribution >= 0.6 is 0 Å². The maximum Gasteiger partial charge on any atom is 0.135 e. The lowest BCUT2D eigenvalue weighted by Crippen LogP contribution is -2.39. The van der Waals surface area contributed by atoms with Crippen molar-refractivity contribution in [3.05, 3.63) is 42.7 Å². The maximum absolute atomic E-state index is 5.92. The molecule has 0 saturated heterocycles. The largest absolute Gasteiger partial charge is 0.368 e. The van der Waals surface area contributed by atoms with Gasteiger partial charge in [0.15, 0.2) is 0 Å². The Morgan fingerprint density at radius 1 is 1.11 bits per heavy atom. The standard InChI is InChI=1S/C14H19N5/c1-14(2,15)9-16-12-8-13(18-10-17-12)19-11-6-4-3-5-7-11/h3-8,10H,9,15H2,1-2H3,(H2,16,17,18,19). The van der Waals surface area contributed by atoms with Gasteiger partial charge in [-0.25, -0.2) is 9.97 Å². The van der Waals surface area contributed by atoms with Crippen molar-refractivity contribution in [3.8, 4) is 0 Å². The number of anilines is 3. The number of aromatic nitrogens is 2. The van der Waals surface area contributed by atoms with Gasteiger partial charge < -0.3 is 16.4 Å². The zero-order chi connectivity index (χ0) is 13.7. The van der Waals surface area contributed by atoms with Gasteiger partial charge in [0.2, 0.25) is 0 Å². The van der Waals surface area contributed by atoms with Crippen molar-refractivity contribution < 1.29 is 0 Å². The number of hydrogen-bond acceptors (Lipinski definition) is 5. The minimum atomic E-state index is -0.280. The Morgan fingerprint density at radius 3 is 2.47 bits per heavy atom. The lowest BCUT2D eigenvalue weighted by Gasteiger charge is -2.19. The molecule has 0 unspecified atom stereocenters. The zero-order valence-electron chi connectivity index (χ0n) is 11.2. The van der Waals surface area contributed by atoms with Crippen molar-refractivity contribution in [1.82, 2.24) is 9.97 Å². The fraction of sp³-hybridized carbons (Fsp3) is 0.286. The van der Waals surface area contributed by atoms with Gasteiger partial charge in [-0.3, -0.25) is 0 Å². The van der Waals surface area contributed by atoms with Crippen LogP contribution in [0.4, 0.5) is 17.3 Å². The third-order valence-electron chi connectivity index (χ3n) is 2.44. The number of para-hydroxylation sites is 1. The van der Waals surface area contributed by atoms with E-state index in [-0.39, 0.29) is 5.54 Å². The molecule has 1 heterocycles. The van der Waals surface area contributed by atoms with E-state index in [0.717, 1.165) is 17.3 Å². The van der Waals surface area contributed by atoms with Gasteiger partial charge in [-0.2, -0.15) is 0 Å². The number of nitrogens with one attached hydrogen (secondary N) is 2. The lowest BCUT2D eigenvalue weighted by molar-refractivity contribution is 0.548. The first-order valence-corrected chi connectivity index (χ1v) is 6.20. The highest BCUT2D eigenvalue weighted by atomic mass is 15.1. The molecule has 0 spiro atoms. The topological polar surface area (TPSA) is 75.9 Å². The van der Waals surface area contributed by atoms with Gasteiger partial charge in [-0.15, -0.1) is 0 Å². The third kappa shape index (κ3) is 4.56. The number of rotatable bonds is 5. The molecule has 5 nitrogen and oxygen atoms in total. The minimum absolute atomic E-state index is 0.280. The summed E-state index contributed by atoms with van der Waals surface area (Å²) in [6, 6.07) is 11.7. The summed E-state index contributed by atoms with van der Waals surface area (Å²) < 4.78 is 0. The predicted molar refractivity (Wildman–Crippen MR) is 78.5 cm³/mol. The van der Waals surface area contributed by atoms with Gasteiger partial charge in [0, 0.05) is 23.8 Å². The van der Waals surface area contributed by atoms with Crippen LogP contribution in [0.15, 0.2) is 42.7 Å². The summed E-state index contributed by atoms with van der Waals surface area (Å²) in [6.07, 6.45) is 1.52. The van der Waals surface area contributed by atoms with E-state index in [2.05, 4.69) is 20.6 Å². The third-order valence-corrected chi connectivity index (χ3v) is 2.44. The average molecular weight is 257 g/mol. The first-order chi connectivity index (χ1) is 9.03. The fourth-order valence-corrected chi connectivity index (χ4v) is 1.51. The van der Waals surface area contributed by atoms with Crippen LogP contribution in [-0.2, 0) is 0 Å². The fourth-order valence-electron chi connectivity index (χ4n) is 1.51. The number of nitrogens with two attached hydrogens (primary N) is 1. The highest BCUT2D eigenvalue weighted by Crippen LogP contribution is 2.15. The lowest BCUT2D eigenvalue weighted by atomic mass is 10.1. The molecule has 5 heteroatoms. The van der Waals surface area contributed by atoms with Crippen LogP contribution in [0, 0.1) is 0 Å². The molecule has 19 heavy (non-hydrogen) atoms. The van der Waals surface area contributed by atoms with Crippen molar-refractivity contribution in [3.63, 3.8) is 0 Å². The van der Waals surface area contributed by atoms with Gasteiger partial charge >= 0.3 is 0 Å². The Morgan fingerprint density at radius 2 is 1.79 bits per heavy atom. The highest BCUT2D eigenvalue weighted by molar-refractivity contribution is 5.58. The van der Waals surface area contributed by atoms with Crippen LogP contribution < -0.4 is 16.4 Å². The van der Waals surface area contributed by atoms with Crippen molar-refractivity contribution in [2.45, 2.75) is 19.4 Å². The molecule has 1 aromatic carbocycles. The van der Waals surface area contributed by atoms with E-state index in [4.69, 9.17) is 5.73 Å². The first kappa shape index (κ1) is 13.3. The van der Waals surface area contributed by atoms with Crippen LogP contribution in [0.2, 0.25) is 0 Å². The van der Waals surface area contributed by atoms with Gasteiger partial charge in [-0.05, 0) is 26.0 Å². The van der Waals surface area contributed by atoms with Gasteiger partial charge in [0.05, 0.1) is 0 Å². The summed E-state index contributed by atoms with van der Waals surface area (Å²) in [5.74, 6) is 1.51. The van der Waals surface area contributed by atoms with Gasteiger partial charge in [0.25, 0.3) is 0 Å². The summed E-state index contributed by atoms with van der Waals surface area (Å²) in [4.78, 5) is 8.35. The number of benzene rings is 1. The summed E-state index contributed by atoms with van der Waals surface area (Å²) in [7, 11) is 0. The molecule has 100 valence electrons. The van der Waals surface area contributed by atoms with Crippen LogP contribution in [0.1, 0.15) is 13.8 Å². The predicted octanol–water partition coefficient (Wildman–Crippen LogP) is 2.37. The van der Waals surface area contributed by atoms with E-state index in [1.807, 2.05) is 50.2 Å². The van der Waals surface area contributed by atoms with Crippen LogP contribution in [0.5, 0.6) is 0 Å². The quantitative estimate of drug-likeness (QED) is 0.766. The average Bonchev–Trinajstić information content (AvgIpc) is 2.37. The Balaban J connectivity index is 2.03. The second-order valence-electron chi connectivity index (χ2n) is 5.12. The van der Waals surface area contributed by atoms with Crippen LogP contribution in [0.25, 0.3) is 0 Å². The highest BCUT2D eigenvalue weighted by Gasteiger charge is 2.10. The van der Waals surface area contributed by atoms with E-state index in [1.165, 1.54) is 6.33 Å². The Kier molecular flexibility index (Phi) is 3.97. The number of nitrogens with zero attached hydrogens (tertiary/aromatic N) is 2. The molecule has 0 radical (unpaired) electrons. The molecule has 0 bridgehead atoms. The number of hydrogen-bond donors (Lipinski definition) is 3. The maximum atomic E-state index is 5.92. The van der Waals surface area contributed by atoms with E-state index < -0.39 is 0 Å². The van der Waals surface area contributed by atoms with E-state index in [9.17, 15) is 0 Å². The van der Waals surface area contributed by atoms with Crippen LogP contribution in [0.3, 0.4) is 0 Å². The van der Waals surface area contributed by atoms with E-state index in [1.54, 1.807) is 0 Å². The Hall–Kier alpha value is -2.14. The second kappa shape index (κ2) is 5.67. The van der Waals surface area contributed by atoms with Crippen molar-refractivity contribution >= 4 is 17.3 Å². The second-order valence-corrected chi connectivity index (χ2v) is 5.12. The molecule has 0 aliphatic rings. The summed E-state index contributed by atoms with van der Waals surface area (Å²) in [6.45, 7) is 4.57. The summed E-state index contributed by atoms with van der Waals surface area (Å²) >= 11 is 0. The minimum Gasteiger partial charge on any atom is -0.368 e. The molecule has 0 aliphatic carbocycles. The molecule has 0 amide bonds. The van der Waals surface area contributed by atoms with Crippen molar-refractivity contribution in [2.75, 3.05) is 17.2 Å². The SMILES string of the molecule is CC(C)(N)CNc1cc(Nc2ccccc2)ncn1. The molecule has 1 aromatic heterocycles. The Labute approximate surface area is 113 Å². The molecular weight excluding hydrogens is 238 g/mol. The molecular formula is C14H19N5. The van der Waals surface area contributed by atoms with Crippen molar-refractivity contribution in [2.24, 2.45) is 5.73 Å². The summed E-state index contributed by atoms with van der Waals surface area (Å²) in [5, 5.41) is 6.41. The summed E-state index contributed by atoms with van der Waals surface area (Å²) in [5.41, 5.74) is 6.64. The molecule has 0 saturated carbocycles. The van der Waals surface area contributed by atoms with Crippen LogP contribution in [-0.4, -0.2) is 22.1 Å². The molecule has 0 aliphatic heterocycles. The molecule has 2 aromatic rings. The zero-order valence-corrected chi connectivity index (χ0v) is 11.2. The monoisotopic (exact) mass is 257 g/mol. The molecule has 2 rings (SSSR count). The van der Waals surface area contributed by atoms with Gasteiger partial charge in [-0.1, -0.05) is 18.2 Å². The smallest absolute Gasteiger partial charge is 0.135 e. The normalized spacial score (nSPS) is 11.1. The molecule has 4 N–H and O–H groups in total. The van der Waals surface area contributed by atoms with Gasteiger partial charge in [0.1, 0.15) is 18.0 Å².